The smallest absolute Gasteiger partial charge is 0.152 e. The molecule has 0 heterocycles. The van der Waals surface area contributed by atoms with Crippen LogP contribution in [0.15, 0.2) is 36.4 Å². The number of ketones is 1. The van der Waals surface area contributed by atoms with Gasteiger partial charge in [-0.25, -0.2) is 0 Å². The fraction of sp³-hybridized carbons (Fsp3) is 0.100. The molecule has 1 nitrogen and oxygen atoms in total. The van der Waals surface area contributed by atoms with Gasteiger partial charge in [0.2, 0.25) is 0 Å². The summed E-state index contributed by atoms with van der Waals surface area (Å²) < 4.78 is 0. The van der Waals surface area contributed by atoms with Crippen LogP contribution in [0.1, 0.15) is 12.5 Å². The maximum Gasteiger partial charge on any atom is 0.152 e. The van der Waals surface area contributed by atoms with E-state index >= 15 is 0 Å². The van der Waals surface area contributed by atoms with Crippen LogP contribution in [-0.4, -0.2) is 5.78 Å². The summed E-state index contributed by atoms with van der Waals surface area (Å²) in [7, 11) is 0. The topological polar surface area (TPSA) is 17.1 Å². The Morgan fingerprint density at radius 2 is 1.83 bits per heavy atom. The van der Waals surface area contributed by atoms with Gasteiger partial charge in [-0.2, -0.15) is 0 Å². The summed E-state index contributed by atoms with van der Waals surface area (Å²) in [4.78, 5) is 10.5. The number of hydrogen-bond donors (Lipinski definition) is 0. The summed E-state index contributed by atoms with van der Waals surface area (Å²) in [6.07, 6.45) is 3.37. The van der Waals surface area contributed by atoms with Gasteiger partial charge in [0, 0.05) is 0 Å². The van der Waals surface area contributed by atoms with Crippen molar-refractivity contribution in [1.29, 1.82) is 0 Å². The SMILES string of the molecule is Br.CC(=O)C=Cc1ccccc1. The lowest BCUT2D eigenvalue weighted by molar-refractivity contribution is -0.112. The van der Waals surface area contributed by atoms with E-state index in [-0.39, 0.29) is 22.8 Å². The van der Waals surface area contributed by atoms with E-state index in [4.69, 9.17) is 0 Å². The Bertz CT molecular complexity index is 264. The van der Waals surface area contributed by atoms with E-state index < -0.39 is 0 Å². The molecule has 0 aliphatic carbocycles. The van der Waals surface area contributed by atoms with E-state index in [1.807, 2.05) is 36.4 Å². The monoisotopic (exact) mass is 226 g/mol. The molecule has 0 N–H and O–H groups in total. The fourth-order valence-electron chi connectivity index (χ4n) is 0.778. The highest BCUT2D eigenvalue weighted by Gasteiger charge is 1.83. The van der Waals surface area contributed by atoms with Crippen LogP contribution in [0.5, 0.6) is 0 Å². The van der Waals surface area contributed by atoms with Crippen molar-refractivity contribution in [2.45, 2.75) is 6.92 Å². The van der Waals surface area contributed by atoms with Gasteiger partial charge >= 0.3 is 0 Å². The number of benzene rings is 1. The Labute approximate surface area is 82.9 Å². The fourth-order valence-corrected chi connectivity index (χ4v) is 0.778. The average Bonchev–Trinajstić information content (AvgIpc) is 2.03. The summed E-state index contributed by atoms with van der Waals surface area (Å²) in [6.45, 7) is 1.54. The van der Waals surface area contributed by atoms with Gasteiger partial charge in [0.1, 0.15) is 0 Å². The van der Waals surface area contributed by atoms with Crippen LogP contribution < -0.4 is 0 Å². The van der Waals surface area contributed by atoms with Gasteiger partial charge in [0.25, 0.3) is 0 Å². The molecule has 0 spiro atoms. The third-order valence-corrected chi connectivity index (χ3v) is 1.31. The molecule has 2 heteroatoms. The second kappa shape index (κ2) is 5.72. The number of halogens is 1. The molecule has 0 unspecified atom stereocenters. The van der Waals surface area contributed by atoms with Crippen molar-refractivity contribution in [2.24, 2.45) is 0 Å². The molecule has 1 aromatic rings. The van der Waals surface area contributed by atoms with E-state index in [1.54, 1.807) is 13.0 Å². The van der Waals surface area contributed by atoms with E-state index in [0.29, 0.717) is 0 Å². The number of hydrogen-bond acceptors (Lipinski definition) is 1. The highest BCUT2D eigenvalue weighted by molar-refractivity contribution is 8.93. The first-order valence-corrected chi connectivity index (χ1v) is 3.53. The summed E-state index contributed by atoms with van der Waals surface area (Å²) >= 11 is 0. The predicted octanol–water partition coefficient (Wildman–Crippen LogP) is 2.87. The maximum absolute atomic E-state index is 10.5. The van der Waals surface area contributed by atoms with Crippen molar-refractivity contribution in [3.05, 3.63) is 42.0 Å². The van der Waals surface area contributed by atoms with E-state index in [2.05, 4.69) is 0 Å². The van der Waals surface area contributed by atoms with Crippen molar-refractivity contribution in [3.63, 3.8) is 0 Å². The van der Waals surface area contributed by atoms with Crippen LogP contribution in [0, 0.1) is 0 Å². The molecule has 12 heavy (non-hydrogen) atoms. The Morgan fingerprint density at radius 3 is 2.33 bits per heavy atom. The van der Waals surface area contributed by atoms with Crippen molar-refractivity contribution in [1.82, 2.24) is 0 Å². The molecule has 64 valence electrons. The van der Waals surface area contributed by atoms with Gasteiger partial charge in [0.15, 0.2) is 5.78 Å². The lowest BCUT2D eigenvalue weighted by atomic mass is 10.2. The molecule has 1 aromatic carbocycles. The standard InChI is InChI=1S/C10H10O.BrH/c1-9(11)7-8-10-5-3-2-4-6-10;/h2-8H,1H3;1H. The molecule has 0 bridgehead atoms. The average molecular weight is 227 g/mol. The van der Waals surface area contributed by atoms with E-state index in [9.17, 15) is 4.79 Å². The first-order chi connectivity index (χ1) is 5.29. The molecule has 0 atom stereocenters. The third-order valence-electron chi connectivity index (χ3n) is 1.31. The zero-order valence-corrected chi connectivity index (χ0v) is 8.57. The first-order valence-electron chi connectivity index (χ1n) is 3.53. The van der Waals surface area contributed by atoms with E-state index in [1.165, 1.54) is 0 Å². The molecule has 0 aliphatic heterocycles. The lowest BCUT2D eigenvalue weighted by Gasteiger charge is -1.88. The molecule has 0 fully saturated rings. The van der Waals surface area contributed by atoms with Gasteiger partial charge in [0.05, 0.1) is 0 Å². The number of allylic oxidation sites excluding steroid dienone is 1. The van der Waals surface area contributed by atoms with Crippen molar-refractivity contribution >= 4 is 28.8 Å². The number of carbonyl (C=O) groups is 1. The van der Waals surface area contributed by atoms with Gasteiger partial charge in [-0.15, -0.1) is 17.0 Å². The van der Waals surface area contributed by atoms with Gasteiger partial charge in [-0.1, -0.05) is 36.4 Å². The van der Waals surface area contributed by atoms with Gasteiger partial charge in [-0.3, -0.25) is 4.79 Å². The minimum atomic E-state index is 0. The van der Waals surface area contributed by atoms with Crippen molar-refractivity contribution < 1.29 is 4.79 Å². The van der Waals surface area contributed by atoms with Crippen LogP contribution in [-0.2, 0) is 4.79 Å². The summed E-state index contributed by atoms with van der Waals surface area (Å²) in [5.41, 5.74) is 1.06. The zero-order chi connectivity index (χ0) is 8.10. The second-order valence-electron chi connectivity index (χ2n) is 2.35. The molecule has 0 saturated carbocycles. The molecule has 0 radical (unpaired) electrons. The van der Waals surface area contributed by atoms with E-state index in [0.717, 1.165) is 5.56 Å². The number of carbonyl (C=O) groups excluding carboxylic acids is 1. The van der Waals surface area contributed by atoms with Crippen molar-refractivity contribution in [2.75, 3.05) is 0 Å². The van der Waals surface area contributed by atoms with Gasteiger partial charge < -0.3 is 0 Å². The number of rotatable bonds is 2. The molecule has 0 amide bonds. The molecular weight excluding hydrogens is 216 g/mol. The van der Waals surface area contributed by atoms with Crippen LogP contribution in [0.4, 0.5) is 0 Å². The second-order valence-corrected chi connectivity index (χ2v) is 2.35. The molecular formula is C10H11BrO. The molecule has 1 rings (SSSR count). The highest BCUT2D eigenvalue weighted by Crippen LogP contribution is 2.00. The highest BCUT2D eigenvalue weighted by atomic mass is 79.9. The maximum atomic E-state index is 10.5. The van der Waals surface area contributed by atoms with Gasteiger partial charge in [-0.05, 0) is 18.6 Å². The van der Waals surface area contributed by atoms with Crippen LogP contribution in [0.2, 0.25) is 0 Å². The summed E-state index contributed by atoms with van der Waals surface area (Å²) in [5.74, 6) is 0.0776. The largest absolute Gasteiger partial charge is 0.295 e. The first kappa shape index (κ1) is 11.1. The molecule has 0 aromatic heterocycles. The Hall–Kier alpha value is -0.890. The Morgan fingerprint density at radius 1 is 1.25 bits per heavy atom. The van der Waals surface area contributed by atoms with Crippen molar-refractivity contribution in [3.8, 4) is 0 Å². The Kier molecular flexibility index (Phi) is 5.30. The molecule has 0 saturated heterocycles. The quantitative estimate of drug-likeness (QED) is 0.710. The lowest BCUT2D eigenvalue weighted by Crippen LogP contribution is -1.79. The van der Waals surface area contributed by atoms with Crippen LogP contribution >= 0.6 is 17.0 Å². The minimum absolute atomic E-state index is 0. The van der Waals surface area contributed by atoms with Crippen LogP contribution in [0.25, 0.3) is 6.08 Å². The minimum Gasteiger partial charge on any atom is -0.295 e. The third kappa shape index (κ3) is 4.09. The normalized spacial score (nSPS) is 9.42. The molecule has 0 aliphatic rings. The summed E-state index contributed by atoms with van der Waals surface area (Å²) in [6, 6.07) is 9.75. The zero-order valence-electron chi connectivity index (χ0n) is 6.86. The summed E-state index contributed by atoms with van der Waals surface area (Å²) in [5, 5.41) is 0. The predicted molar refractivity (Wildman–Crippen MR) is 56.5 cm³/mol. The Balaban J connectivity index is 0.00000121. The van der Waals surface area contributed by atoms with Crippen LogP contribution in [0.3, 0.4) is 0 Å².